The molecule has 0 amide bonds. The van der Waals surface area contributed by atoms with E-state index in [1.54, 1.807) is 0 Å². The number of nitrogens with zero attached hydrogens (tertiary/aromatic N) is 1. The van der Waals surface area contributed by atoms with Crippen LogP contribution in [0.15, 0.2) is 0 Å². The van der Waals surface area contributed by atoms with Crippen molar-refractivity contribution in [2.24, 2.45) is 5.92 Å². The van der Waals surface area contributed by atoms with Gasteiger partial charge in [-0.2, -0.15) is 0 Å². The number of aliphatic hydroxyl groups is 1. The van der Waals surface area contributed by atoms with Gasteiger partial charge in [-0.1, -0.05) is 13.8 Å². The van der Waals surface area contributed by atoms with E-state index < -0.39 is 0 Å². The smallest absolute Gasteiger partial charge is 0.0567 e. The van der Waals surface area contributed by atoms with Crippen molar-refractivity contribution in [1.29, 1.82) is 0 Å². The van der Waals surface area contributed by atoms with Gasteiger partial charge >= 0.3 is 0 Å². The van der Waals surface area contributed by atoms with Crippen LogP contribution in [0.1, 0.15) is 26.7 Å². The summed E-state index contributed by atoms with van der Waals surface area (Å²) in [6.07, 6.45) is 1.84. The molecule has 0 aliphatic carbocycles. The fourth-order valence-corrected chi connectivity index (χ4v) is 1.88. The maximum Gasteiger partial charge on any atom is 0.0567 e. The van der Waals surface area contributed by atoms with E-state index in [2.05, 4.69) is 25.8 Å². The predicted molar refractivity (Wildman–Crippen MR) is 46.5 cm³/mol. The molecule has 1 heterocycles. The largest absolute Gasteiger partial charge is 0.393 e. The van der Waals surface area contributed by atoms with Crippen molar-refractivity contribution >= 4 is 0 Å². The molecule has 0 aromatic heterocycles. The van der Waals surface area contributed by atoms with Crippen LogP contribution in [0.3, 0.4) is 0 Å². The zero-order chi connectivity index (χ0) is 8.43. The van der Waals surface area contributed by atoms with Crippen LogP contribution in [-0.2, 0) is 0 Å². The Labute approximate surface area is 69.2 Å². The van der Waals surface area contributed by atoms with Crippen LogP contribution in [-0.4, -0.2) is 35.7 Å². The quantitative estimate of drug-likeness (QED) is 0.616. The molecule has 1 N–H and O–H groups in total. The Hall–Kier alpha value is -0.0800. The molecular formula is C9H19NO. The van der Waals surface area contributed by atoms with Gasteiger partial charge in [-0.3, -0.25) is 0 Å². The van der Waals surface area contributed by atoms with Gasteiger partial charge in [0.25, 0.3) is 0 Å². The van der Waals surface area contributed by atoms with Gasteiger partial charge in [0.1, 0.15) is 0 Å². The van der Waals surface area contributed by atoms with Crippen molar-refractivity contribution < 1.29 is 5.11 Å². The summed E-state index contributed by atoms with van der Waals surface area (Å²) in [7, 11) is 2.15. The lowest BCUT2D eigenvalue weighted by Gasteiger charge is -2.37. The number of piperidine rings is 1. The molecule has 0 aromatic rings. The van der Waals surface area contributed by atoms with E-state index in [0.717, 1.165) is 19.4 Å². The lowest BCUT2D eigenvalue weighted by molar-refractivity contribution is 0.0378. The molecule has 1 aliphatic rings. The van der Waals surface area contributed by atoms with Crippen molar-refractivity contribution in [3.05, 3.63) is 0 Å². The van der Waals surface area contributed by atoms with E-state index in [4.69, 9.17) is 0 Å². The third-order valence-electron chi connectivity index (χ3n) is 2.66. The number of likely N-dealkylation sites (tertiary alicyclic amines) is 1. The van der Waals surface area contributed by atoms with Gasteiger partial charge in [-0.15, -0.1) is 0 Å². The zero-order valence-electron chi connectivity index (χ0n) is 7.75. The Balaban J connectivity index is 2.47. The summed E-state index contributed by atoms with van der Waals surface area (Å²) in [6, 6.07) is 0.582. The average Bonchev–Trinajstić information content (AvgIpc) is 1.94. The highest BCUT2D eigenvalue weighted by Crippen LogP contribution is 2.21. The van der Waals surface area contributed by atoms with E-state index in [1.165, 1.54) is 0 Å². The SMILES string of the molecule is CC(C)[C@H]1C[C@@H](O)CCN1C. The minimum Gasteiger partial charge on any atom is -0.393 e. The molecule has 0 unspecified atom stereocenters. The van der Waals surface area contributed by atoms with Crippen molar-refractivity contribution in [2.45, 2.75) is 38.8 Å². The molecule has 66 valence electrons. The second-order valence-corrected chi connectivity index (χ2v) is 3.97. The Morgan fingerprint density at radius 2 is 2.09 bits per heavy atom. The van der Waals surface area contributed by atoms with Crippen molar-refractivity contribution in [1.82, 2.24) is 4.90 Å². The fraction of sp³-hybridized carbons (Fsp3) is 1.00. The number of rotatable bonds is 1. The first kappa shape index (κ1) is 9.01. The highest BCUT2D eigenvalue weighted by Gasteiger charge is 2.26. The van der Waals surface area contributed by atoms with Crippen LogP contribution >= 0.6 is 0 Å². The third-order valence-corrected chi connectivity index (χ3v) is 2.66. The normalized spacial score (nSPS) is 34.6. The van der Waals surface area contributed by atoms with E-state index in [1.807, 2.05) is 0 Å². The molecule has 11 heavy (non-hydrogen) atoms. The molecule has 0 spiro atoms. The number of hydrogen-bond acceptors (Lipinski definition) is 2. The van der Waals surface area contributed by atoms with Crippen molar-refractivity contribution in [2.75, 3.05) is 13.6 Å². The maximum atomic E-state index is 9.42. The standard InChI is InChI=1S/C9H19NO/c1-7(2)9-6-8(11)4-5-10(9)3/h7-9,11H,4-6H2,1-3H3/t8-,9+/m0/s1. The monoisotopic (exact) mass is 157 g/mol. The molecule has 0 aromatic carbocycles. The molecule has 1 fully saturated rings. The number of aliphatic hydroxyl groups excluding tert-OH is 1. The average molecular weight is 157 g/mol. The van der Waals surface area contributed by atoms with Crippen LogP contribution in [0.2, 0.25) is 0 Å². The van der Waals surface area contributed by atoms with Gasteiger partial charge in [-0.25, -0.2) is 0 Å². The van der Waals surface area contributed by atoms with E-state index in [-0.39, 0.29) is 6.10 Å². The summed E-state index contributed by atoms with van der Waals surface area (Å²) in [6.45, 7) is 5.49. The summed E-state index contributed by atoms with van der Waals surface area (Å²) in [5.41, 5.74) is 0. The molecule has 2 nitrogen and oxygen atoms in total. The van der Waals surface area contributed by atoms with Gasteiger partial charge in [0.05, 0.1) is 6.10 Å². The molecule has 2 heteroatoms. The van der Waals surface area contributed by atoms with Crippen LogP contribution in [0.25, 0.3) is 0 Å². The molecule has 0 bridgehead atoms. The first-order valence-corrected chi connectivity index (χ1v) is 4.49. The van der Waals surface area contributed by atoms with Crippen LogP contribution in [0.4, 0.5) is 0 Å². The lowest BCUT2D eigenvalue weighted by Crippen LogP contribution is -2.44. The predicted octanol–water partition coefficient (Wildman–Crippen LogP) is 1.10. The molecule has 1 aliphatic heterocycles. The van der Waals surface area contributed by atoms with Crippen LogP contribution < -0.4 is 0 Å². The lowest BCUT2D eigenvalue weighted by atomic mass is 9.92. The Morgan fingerprint density at radius 1 is 1.45 bits per heavy atom. The third kappa shape index (κ3) is 2.17. The summed E-state index contributed by atoms with van der Waals surface area (Å²) in [5, 5.41) is 9.42. The van der Waals surface area contributed by atoms with Gasteiger partial charge in [0.15, 0.2) is 0 Å². The molecule has 2 atom stereocenters. The Morgan fingerprint density at radius 3 is 2.55 bits per heavy atom. The molecule has 1 rings (SSSR count). The topological polar surface area (TPSA) is 23.5 Å². The minimum atomic E-state index is -0.0569. The zero-order valence-corrected chi connectivity index (χ0v) is 7.75. The van der Waals surface area contributed by atoms with E-state index in [0.29, 0.717) is 12.0 Å². The second kappa shape index (κ2) is 3.55. The Kier molecular flexibility index (Phi) is 2.90. The van der Waals surface area contributed by atoms with Gasteiger partial charge in [-0.05, 0) is 25.8 Å². The molecule has 1 saturated heterocycles. The van der Waals surface area contributed by atoms with Gasteiger partial charge < -0.3 is 10.0 Å². The van der Waals surface area contributed by atoms with Crippen molar-refractivity contribution in [3.8, 4) is 0 Å². The summed E-state index contributed by atoms with van der Waals surface area (Å²) >= 11 is 0. The minimum absolute atomic E-state index is 0.0569. The highest BCUT2D eigenvalue weighted by molar-refractivity contribution is 4.81. The van der Waals surface area contributed by atoms with E-state index in [9.17, 15) is 5.11 Å². The fourth-order valence-electron chi connectivity index (χ4n) is 1.88. The van der Waals surface area contributed by atoms with Gasteiger partial charge in [0, 0.05) is 12.6 Å². The second-order valence-electron chi connectivity index (χ2n) is 3.97. The molecule has 0 saturated carbocycles. The summed E-state index contributed by atoms with van der Waals surface area (Å²) < 4.78 is 0. The molecular weight excluding hydrogens is 138 g/mol. The van der Waals surface area contributed by atoms with Gasteiger partial charge in [0.2, 0.25) is 0 Å². The maximum absolute atomic E-state index is 9.42. The van der Waals surface area contributed by atoms with E-state index >= 15 is 0 Å². The van der Waals surface area contributed by atoms with Crippen LogP contribution in [0, 0.1) is 5.92 Å². The first-order chi connectivity index (χ1) is 5.11. The molecule has 0 radical (unpaired) electrons. The Bertz CT molecular complexity index is 125. The van der Waals surface area contributed by atoms with Crippen LogP contribution in [0.5, 0.6) is 0 Å². The summed E-state index contributed by atoms with van der Waals surface area (Å²) in [4.78, 5) is 2.36. The highest BCUT2D eigenvalue weighted by atomic mass is 16.3. The first-order valence-electron chi connectivity index (χ1n) is 4.49. The number of hydrogen-bond donors (Lipinski definition) is 1. The summed E-state index contributed by atoms with van der Waals surface area (Å²) in [5.74, 6) is 0.662. The van der Waals surface area contributed by atoms with Crippen molar-refractivity contribution in [3.63, 3.8) is 0 Å².